The van der Waals surface area contributed by atoms with Crippen LogP contribution in [0.2, 0.25) is 0 Å². The number of benzene rings is 1. The summed E-state index contributed by atoms with van der Waals surface area (Å²) in [7, 11) is 0. The largest absolute Gasteiger partial charge is 0.378 e. The van der Waals surface area contributed by atoms with Crippen LogP contribution >= 0.6 is 0 Å². The molecule has 3 heterocycles. The molecule has 3 aliphatic heterocycles. The first-order valence-corrected chi connectivity index (χ1v) is 11.6. The average Bonchev–Trinajstić information content (AvgIpc) is 3.07. The van der Waals surface area contributed by atoms with E-state index in [1.807, 2.05) is 45.9 Å². The summed E-state index contributed by atoms with van der Waals surface area (Å²) in [5.74, 6) is 0.126. The van der Waals surface area contributed by atoms with Crippen LogP contribution in [0.15, 0.2) is 24.3 Å². The van der Waals surface area contributed by atoms with E-state index in [-0.39, 0.29) is 23.9 Å². The normalized spacial score (nSPS) is 25.8. The molecule has 0 unspecified atom stereocenters. The van der Waals surface area contributed by atoms with Crippen LogP contribution in [0.5, 0.6) is 0 Å². The van der Waals surface area contributed by atoms with E-state index < -0.39 is 5.41 Å². The third-order valence-corrected chi connectivity index (χ3v) is 7.42. The van der Waals surface area contributed by atoms with Crippen molar-refractivity contribution < 1.29 is 19.1 Å². The van der Waals surface area contributed by atoms with Crippen molar-refractivity contribution in [1.82, 2.24) is 20.0 Å². The molecule has 3 saturated heterocycles. The Hall–Kier alpha value is -2.61. The number of nitrogens with zero attached hydrogens (tertiary/aromatic N) is 3. The van der Waals surface area contributed by atoms with Gasteiger partial charge in [0.15, 0.2) is 0 Å². The molecule has 3 aliphatic rings. The van der Waals surface area contributed by atoms with Crippen molar-refractivity contribution in [2.75, 3.05) is 45.9 Å². The van der Waals surface area contributed by atoms with Gasteiger partial charge in [0.05, 0.1) is 18.6 Å². The molecule has 4 rings (SSSR count). The second kappa shape index (κ2) is 9.48. The van der Waals surface area contributed by atoms with E-state index in [0.29, 0.717) is 71.7 Å². The van der Waals surface area contributed by atoms with Gasteiger partial charge < -0.3 is 24.8 Å². The zero-order chi connectivity index (χ0) is 22.7. The number of likely N-dealkylation sites (tertiary alicyclic amines) is 2. The van der Waals surface area contributed by atoms with Crippen LogP contribution in [0.25, 0.3) is 0 Å². The van der Waals surface area contributed by atoms with Gasteiger partial charge in [-0.1, -0.05) is 24.3 Å². The van der Waals surface area contributed by atoms with Gasteiger partial charge in [0.2, 0.25) is 11.8 Å². The topological polar surface area (TPSA) is 82.2 Å². The second-order valence-electron chi connectivity index (χ2n) is 9.15. The molecule has 32 heavy (non-hydrogen) atoms. The van der Waals surface area contributed by atoms with Crippen LogP contribution < -0.4 is 5.32 Å². The van der Waals surface area contributed by atoms with Crippen LogP contribution in [-0.4, -0.2) is 84.5 Å². The first-order valence-electron chi connectivity index (χ1n) is 11.6. The predicted molar refractivity (Wildman–Crippen MR) is 120 cm³/mol. The van der Waals surface area contributed by atoms with Crippen molar-refractivity contribution in [2.24, 2.45) is 5.41 Å². The number of carbonyl (C=O) groups is 3. The fourth-order valence-electron chi connectivity index (χ4n) is 5.50. The van der Waals surface area contributed by atoms with Gasteiger partial charge in [0, 0.05) is 52.2 Å². The summed E-state index contributed by atoms with van der Waals surface area (Å²) in [6.45, 7) is 8.02. The summed E-state index contributed by atoms with van der Waals surface area (Å²) in [4.78, 5) is 44.6. The maximum absolute atomic E-state index is 13.7. The number of aryl methyl sites for hydroxylation is 1. The van der Waals surface area contributed by atoms with E-state index in [0.717, 1.165) is 11.1 Å². The van der Waals surface area contributed by atoms with Gasteiger partial charge in [-0.2, -0.15) is 0 Å². The Bertz CT molecular complexity index is 869. The number of ether oxygens (including phenoxy) is 1. The molecule has 8 heteroatoms. The Morgan fingerprint density at radius 2 is 1.75 bits per heavy atom. The lowest BCUT2D eigenvalue weighted by Gasteiger charge is -2.40. The Morgan fingerprint density at radius 3 is 2.47 bits per heavy atom. The van der Waals surface area contributed by atoms with E-state index in [1.54, 1.807) is 6.92 Å². The number of fused-ring (bicyclic) bond motifs is 1. The Labute approximate surface area is 189 Å². The quantitative estimate of drug-likeness (QED) is 0.774. The van der Waals surface area contributed by atoms with E-state index in [2.05, 4.69) is 5.32 Å². The molecule has 1 aromatic rings. The maximum atomic E-state index is 13.7. The molecular weight excluding hydrogens is 408 g/mol. The monoisotopic (exact) mass is 442 g/mol. The highest BCUT2D eigenvalue weighted by Crippen LogP contribution is 2.45. The van der Waals surface area contributed by atoms with E-state index in [9.17, 15) is 14.4 Å². The van der Waals surface area contributed by atoms with Crippen molar-refractivity contribution >= 4 is 17.8 Å². The lowest BCUT2D eigenvalue weighted by molar-refractivity contribution is -0.149. The van der Waals surface area contributed by atoms with Crippen molar-refractivity contribution in [3.63, 3.8) is 0 Å². The molecule has 0 aliphatic carbocycles. The van der Waals surface area contributed by atoms with Gasteiger partial charge in [-0.15, -0.1) is 0 Å². The van der Waals surface area contributed by atoms with E-state index in [1.165, 1.54) is 0 Å². The van der Waals surface area contributed by atoms with Crippen molar-refractivity contribution in [2.45, 2.75) is 45.7 Å². The van der Waals surface area contributed by atoms with Crippen LogP contribution in [0.1, 0.15) is 37.3 Å². The third-order valence-electron chi connectivity index (χ3n) is 7.42. The summed E-state index contributed by atoms with van der Waals surface area (Å²) in [6, 6.07) is 7.73. The van der Waals surface area contributed by atoms with Crippen LogP contribution in [0.3, 0.4) is 0 Å². The molecule has 0 aromatic heterocycles. The zero-order valence-electron chi connectivity index (χ0n) is 19.1. The van der Waals surface area contributed by atoms with Gasteiger partial charge in [0.1, 0.15) is 0 Å². The average molecular weight is 443 g/mol. The third kappa shape index (κ3) is 4.33. The zero-order valence-corrected chi connectivity index (χ0v) is 19.1. The molecular formula is C24H34N4O4. The molecule has 0 saturated carbocycles. The van der Waals surface area contributed by atoms with Crippen LogP contribution in [0, 0.1) is 12.3 Å². The van der Waals surface area contributed by atoms with Gasteiger partial charge >= 0.3 is 6.03 Å². The Morgan fingerprint density at radius 1 is 1.03 bits per heavy atom. The molecule has 0 spiro atoms. The van der Waals surface area contributed by atoms with E-state index in [4.69, 9.17) is 4.74 Å². The van der Waals surface area contributed by atoms with Gasteiger partial charge in [-0.05, 0) is 37.3 Å². The minimum Gasteiger partial charge on any atom is -0.378 e. The minimum atomic E-state index is -0.617. The molecule has 8 nitrogen and oxygen atoms in total. The van der Waals surface area contributed by atoms with Crippen molar-refractivity contribution in [1.29, 1.82) is 0 Å². The van der Waals surface area contributed by atoms with Crippen molar-refractivity contribution in [3.05, 3.63) is 35.4 Å². The lowest BCUT2D eigenvalue weighted by Crippen LogP contribution is -2.54. The molecule has 3 fully saturated rings. The van der Waals surface area contributed by atoms with Gasteiger partial charge in [0.25, 0.3) is 0 Å². The number of amides is 4. The summed E-state index contributed by atoms with van der Waals surface area (Å²) in [5.41, 5.74) is 1.62. The second-order valence-corrected chi connectivity index (χ2v) is 9.15. The highest BCUT2D eigenvalue weighted by molar-refractivity contribution is 5.86. The first kappa shape index (κ1) is 22.6. The summed E-state index contributed by atoms with van der Waals surface area (Å²) >= 11 is 0. The molecule has 2 atom stereocenters. The number of hydrogen-bond acceptors (Lipinski definition) is 4. The molecule has 0 bridgehead atoms. The summed E-state index contributed by atoms with van der Waals surface area (Å²) < 4.78 is 5.43. The fourth-order valence-corrected chi connectivity index (χ4v) is 5.50. The molecule has 1 N–H and O–H groups in total. The van der Waals surface area contributed by atoms with Crippen molar-refractivity contribution in [3.8, 4) is 0 Å². The number of nitrogens with one attached hydrogen (secondary N) is 1. The highest BCUT2D eigenvalue weighted by Gasteiger charge is 2.55. The fraction of sp³-hybridized carbons (Fsp3) is 0.625. The van der Waals surface area contributed by atoms with Crippen LogP contribution in [-0.2, 0) is 20.9 Å². The number of urea groups is 1. The lowest BCUT2D eigenvalue weighted by atomic mass is 9.75. The Kier molecular flexibility index (Phi) is 6.69. The summed E-state index contributed by atoms with van der Waals surface area (Å²) in [6.07, 6.45) is 1.86. The predicted octanol–water partition coefficient (Wildman–Crippen LogP) is 1.77. The van der Waals surface area contributed by atoms with Gasteiger partial charge in [-0.25, -0.2) is 4.79 Å². The number of rotatable bonds is 3. The molecule has 174 valence electrons. The highest BCUT2D eigenvalue weighted by atomic mass is 16.5. The van der Waals surface area contributed by atoms with Gasteiger partial charge in [-0.3, -0.25) is 9.59 Å². The van der Waals surface area contributed by atoms with Crippen LogP contribution in [0.4, 0.5) is 4.79 Å². The number of hydrogen-bond donors (Lipinski definition) is 1. The van der Waals surface area contributed by atoms with E-state index >= 15 is 0 Å². The standard InChI is InChI=1S/C24H34N4O4/c1-18-5-3-4-6-20(18)17-25-23(31)27-10-7-21-24(8-11-27,9-12-28(21)19(2)29)22(30)26-13-15-32-16-14-26/h3-6,21H,7-17H2,1-2H3,(H,25,31)/t21-,24+/m1/s1. The SMILES string of the molecule is CC(=O)N1CC[C@@]2(C(=O)N3CCOCC3)CCN(C(=O)NCc3ccccc3C)CC[C@@H]12. The number of carbonyl (C=O) groups excluding carboxylic acids is 3. The first-order chi connectivity index (χ1) is 15.4. The summed E-state index contributed by atoms with van der Waals surface area (Å²) in [5, 5.41) is 3.04. The maximum Gasteiger partial charge on any atom is 0.317 e. The Balaban J connectivity index is 1.48. The smallest absolute Gasteiger partial charge is 0.317 e. The molecule has 0 radical (unpaired) electrons. The molecule has 1 aromatic carbocycles. The molecule has 4 amide bonds. The number of morpholine rings is 1. The minimum absolute atomic E-state index is 0.00380.